The van der Waals surface area contributed by atoms with Gasteiger partial charge in [0.25, 0.3) is 0 Å². The van der Waals surface area contributed by atoms with E-state index in [0.717, 1.165) is 24.6 Å². The highest BCUT2D eigenvalue weighted by atomic mass is 35.5. The zero-order valence-electron chi connectivity index (χ0n) is 12.5. The Morgan fingerprint density at radius 3 is 2.81 bits per heavy atom. The van der Waals surface area contributed by atoms with E-state index >= 15 is 0 Å². The molecule has 2 atom stereocenters. The molecular weight excluding hydrogens is 284 g/mol. The van der Waals surface area contributed by atoms with Crippen LogP contribution >= 0.6 is 11.6 Å². The average molecular weight is 309 g/mol. The highest BCUT2D eigenvalue weighted by molar-refractivity contribution is 6.30. The monoisotopic (exact) mass is 308 g/mol. The molecule has 0 radical (unpaired) electrons. The highest BCUT2D eigenvalue weighted by Crippen LogP contribution is 2.23. The lowest BCUT2D eigenvalue weighted by Crippen LogP contribution is -2.35. The lowest BCUT2D eigenvalue weighted by atomic mass is 10.1. The summed E-state index contributed by atoms with van der Waals surface area (Å²) in [5, 5.41) is 11.0. The molecule has 1 aromatic rings. The van der Waals surface area contributed by atoms with Gasteiger partial charge >= 0.3 is 0 Å². The van der Waals surface area contributed by atoms with Gasteiger partial charge in [0.1, 0.15) is 0 Å². The molecule has 2 fully saturated rings. The maximum atomic E-state index is 10.3. The molecule has 2 unspecified atom stereocenters. The number of rotatable bonds is 5. The zero-order valence-corrected chi connectivity index (χ0v) is 13.3. The fourth-order valence-electron chi connectivity index (χ4n) is 3.61. The Morgan fingerprint density at radius 1 is 1.24 bits per heavy atom. The second-order valence-corrected chi connectivity index (χ2v) is 6.78. The van der Waals surface area contributed by atoms with Gasteiger partial charge in [-0.15, -0.1) is 0 Å². The summed E-state index contributed by atoms with van der Waals surface area (Å²) < 4.78 is 0. The molecular formula is C17H25ClN2O. The summed E-state index contributed by atoms with van der Waals surface area (Å²) in [5.41, 5.74) is 0.929. The van der Waals surface area contributed by atoms with E-state index in [2.05, 4.69) is 9.80 Å². The number of hydrogen-bond acceptors (Lipinski definition) is 3. The maximum Gasteiger partial charge on any atom is 0.0802 e. The third-order valence-electron chi connectivity index (χ3n) is 4.86. The number of halogens is 1. The van der Waals surface area contributed by atoms with E-state index in [0.29, 0.717) is 5.02 Å². The second kappa shape index (κ2) is 7.10. The van der Waals surface area contributed by atoms with Gasteiger partial charge in [-0.2, -0.15) is 0 Å². The van der Waals surface area contributed by atoms with Crippen molar-refractivity contribution in [2.45, 2.75) is 37.8 Å². The Balaban J connectivity index is 1.45. The van der Waals surface area contributed by atoms with Crippen LogP contribution in [0.15, 0.2) is 24.3 Å². The van der Waals surface area contributed by atoms with Crippen molar-refractivity contribution in [1.82, 2.24) is 9.80 Å². The minimum Gasteiger partial charge on any atom is -0.388 e. The van der Waals surface area contributed by atoms with Gasteiger partial charge in [-0.3, -0.25) is 4.90 Å². The number of hydrogen-bond donors (Lipinski definition) is 1. The van der Waals surface area contributed by atoms with Gasteiger partial charge in [-0.05, 0) is 63.0 Å². The lowest BCUT2D eigenvalue weighted by Gasteiger charge is -2.24. The van der Waals surface area contributed by atoms with Crippen molar-refractivity contribution < 1.29 is 5.11 Å². The Hall–Kier alpha value is -0.610. The summed E-state index contributed by atoms with van der Waals surface area (Å²) in [5.74, 6) is 0. The van der Waals surface area contributed by atoms with E-state index in [-0.39, 0.29) is 0 Å². The fraction of sp³-hybridized carbons (Fsp3) is 0.647. The summed E-state index contributed by atoms with van der Waals surface area (Å²) in [4.78, 5) is 5.14. The molecule has 2 heterocycles. The summed E-state index contributed by atoms with van der Waals surface area (Å²) >= 11 is 5.98. The number of benzene rings is 1. The fourth-order valence-corrected chi connectivity index (χ4v) is 3.80. The number of likely N-dealkylation sites (tertiary alicyclic amines) is 2. The molecule has 116 valence electrons. The molecule has 4 heteroatoms. The van der Waals surface area contributed by atoms with Crippen molar-refractivity contribution in [2.24, 2.45) is 0 Å². The lowest BCUT2D eigenvalue weighted by molar-refractivity contribution is 0.145. The topological polar surface area (TPSA) is 26.7 Å². The summed E-state index contributed by atoms with van der Waals surface area (Å²) in [6.45, 7) is 5.87. The second-order valence-electron chi connectivity index (χ2n) is 6.35. The minimum absolute atomic E-state index is 0.408. The predicted octanol–water partition coefficient (Wildman–Crippen LogP) is 2.93. The quantitative estimate of drug-likeness (QED) is 0.906. The van der Waals surface area contributed by atoms with Crippen LogP contribution in [-0.4, -0.2) is 53.7 Å². The van der Waals surface area contributed by atoms with E-state index < -0.39 is 6.10 Å². The molecule has 2 aliphatic rings. The SMILES string of the molecule is OC(CCN1CCC(N2CCCC2)C1)c1cccc(Cl)c1. The number of aliphatic hydroxyl groups excluding tert-OH is 1. The molecule has 0 saturated carbocycles. The largest absolute Gasteiger partial charge is 0.388 e. The predicted molar refractivity (Wildman–Crippen MR) is 86.7 cm³/mol. The van der Waals surface area contributed by atoms with Crippen LogP contribution in [0.1, 0.15) is 37.4 Å². The van der Waals surface area contributed by atoms with E-state index in [4.69, 9.17) is 11.6 Å². The third kappa shape index (κ3) is 3.98. The summed E-state index contributed by atoms with van der Waals surface area (Å²) in [6.07, 6.45) is 4.39. The van der Waals surface area contributed by atoms with Crippen LogP contribution in [0.4, 0.5) is 0 Å². The molecule has 0 aromatic heterocycles. The van der Waals surface area contributed by atoms with Crippen LogP contribution in [0.2, 0.25) is 5.02 Å². The molecule has 1 N–H and O–H groups in total. The van der Waals surface area contributed by atoms with E-state index in [1.54, 1.807) is 0 Å². The number of aliphatic hydroxyl groups is 1. The van der Waals surface area contributed by atoms with Crippen molar-refractivity contribution in [3.05, 3.63) is 34.9 Å². The van der Waals surface area contributed by atoms with Crippen LogP contribution in [0.5, 0.6) is 0 Å². The molecule has 0 amide bonds. The molecule has 0 aliphatic carbocycles. The van der Waals surface area contributed by atoms with E-state index in [9.17, 15) is 5.11 Å². The summed E-state index contributed by atoms with van der Waals surface area (Å²) in [6, 6.07) is 8.31. The molecule has 3 nitrogen and oxygen atoms in total. The van der Waals surface area contributed by atoms with Crippen molar-refractivity contribution in [1.29, 1.82) is 0 Å². The van der Waals surface area contributed by atoms with Crippen LogP contribution in [0.3, 0.4) is 0 Å². The first kappa shape index (κ1) is 15.3. The molecule has 1 aromatic carbocycles. The third-order valence-corrected chi connectivity index (χ3v) is 5.09. The Labute approximate surface area is 132 Å². The molecule has 0 spiro atoms. The molecule has 2 aliphatic heterocycles. The Morgan fingerprint density at radius 2 is 2.05 bits per heavy atom. The van der Waals surface area contributed by atoms with Crippen LogP contribution < -0.4 is 0 Å². The minimum atomic E-state index is -0.408. The Kier molecular flexibility index (Phi) is 5.17. The first-order chi connectivity index (χ1) is 10.2. The average Bonchev–Trinajstić information content (AvgIpc) is 3.15. The maximum absolute atomic E-state index is 10.3. The van der Waals surface area contributed by atoms with Gasteiger partial charge in [-0.25, -0.2) is 0 Å². The standard InChI is InChI=1S/C17H25ClN2O/c18-15-5-3-4-14(12-15)17(21)7-11-19-10-6-16(13-19)20-8-1-2-9-20/h3-5,12,16-17,21H,1-2,6-11,13H2. The van der Waals surface area contributed by atoms with Crippen LogP contribution in [0.25, 0.3) is 0 Å². The van der Waals surface area contributed by atoms with Gasteiger partial charge in [0.15, 0.2) is 0 Å². The zero-order chi connectivity index (χ0) is 14.7. The van der Waals surface area contributed by atoms with Crippen molar-refractivity contribution in [3.8, 4) is 0 Å². The van der Waals surface area contributed by atoms with Gasteiger partial charge < -0.3 is 10.0 Å². The van der Waals surface area contributed by atoms with Gasteiger partial charge in [-0.1, -0.05) is 23.7 Å². The van der Waals surface area contributed by atoms with Gasteiger partial charge in [0.2, 0.25) is 0 Å². The first-order valence-electron chi connectivity index (χ1n) is 8.12. The molecule has 0 bridgehead atoms. The van der Waals surface area contributed by atoms with Crippen molar-refractivity contribution >= 4 is 11.6 Å². The van der Waals surface area contributed by atoms with Crippen molar-refractivity contribution in [2.75, 3.05) is 32.7 Å². The Bertz CT molecular complexity index is 462. The number of nitrogens with zero attached hydrogens (tertiary/aromatic N) is 2. The molecule has 2 saturated heterocycles. The normalized spacial score (nSPS) is 25.5. The van der Waals surface area contributed by atoms with Gasteiger partial charge in [0.05, 0.1) is 6.10 Å². The van der Waals surface area contributed by atoms with E-state index in [1.165, 1.54) is 45.4 Å². The first-order valence-corrected chi connectivity index (χ1v) is 8.50. The smallest absolute Gasteiger partial charge is 0.0802 e. The van der Waals surface area contributed by atoms with Crippen LogP contribution in [0, 0.1) is 0 Å². The van der Waals surface area contributed by atoms with Crippen molar-refractivity contribution in [3.63, 3.8) is 0 Å². The van der Waals surface area contributed by atoms with Gasteiger partial charge in [0, 0.05) is 24.2 Å². The summed E-state index contributed by atoms with van der Waals surface area (Å²) in [7, 11) is 0. The molecule has 3 rings (SSSR count). The van der Waals surface area contributed by atoms with E-state index in [1.807, 2.05) is 24.3 Å². The highest BCUT2D eigenvalue weighted by Gasteiger charge is 2.29. The molecule has 21 heavy (non-hydrogen) atoms. The van der Waals surface area contributed by atoms with Crippen LogP contribution in [-0.2, 0) is 0 Å².